The third-order valence-corrected chi connectivity index (χ3v) is 5.56. The molecule has 1 aromatic carbocycles. The summed E-state index contributed by atoms with van der Waals surface area (Å²) in [5.41, 5.74) is 0.817. The van der Waals surface area contributed by atoms with Crippen LogP contribution in [0.25, 0.3) is 0 Å². The number of para-hydroxylation sites is 1. The van der Waals surface area contributed by atoms with E-state index in [0.29, 0.717) is 6.61 Å². The van der Waals surface area contributed by atoms with Crippen molar-refractivity contribution in [3.05, 3.63) is 29.8 Å². The van der Waals surface area contributed by atoms with Gasteiger partial charge in [0.1, 0.15) is 5.75 Å². The standard InChI is InChI=1S/C16H23ClO3S/c1-2-14-8-4-5-9-15(14)20-12-16(13-21(17,18)19)10-6-3-7-11-16/h4-5,8-9H,2-3,6-7,10-13H2,1H3. The Hall–Kier alpha value is -0.740. The zero-order valence-corrected chi connectivity index (χ0v) is 14.0. The second-order valence-electron chi connectivity index (χ2n) is 5.99. The maximum absolute atomic E-state index is 11.5. The smallest absolute Gasteiger partial charge is 0.233 e. The van der Waals surface area contributed by atoms with Gasteiger partial charge >= 0.3 is 0 Å². The van der Waals surface area contributed by atoms with Crippen molar-refractivity contribution in [2.75, 3.05) is 12.4 Å². The molecule has 1 saturated carbocycles. The highest BCUT2D eigenvalue weighted by Gasteiger charge is 2.37. The Morgan fingerprint density at radius 1 is 1.19 bits per heavy atom. The van der Waals surface area contributed by atoms with Gasteiger partial charge in [0.05, 0.1) is 12.4 Å². The molecule has 1 aliphatic carbocycles. The second-order valence-corrected chi connectivity index (χ2v) is 8.77. The lowest BCUT2D eigenvalue weighted by atomic mass is 9.76. The van der Waals surface area contributed by atoms with Gasteiger partial charge in [-0.15, -0.1) is 0 Å². The van der Waals surface area contributed by atoms with Gasteiger partial charge in [0.2, 0.25) is 9.05 Å². The molecular formula is C16H23ClO3S. The highest BCUT2D eigenvalue weighted by atomic mass is 35.7. The van der Waals surface area contributed by atoms with Gasteiger partial charge < -0.3 is 4.74 Å². The van der Waals surface area contributed by atoms with Crippen LogP contribution in [0, 0.1) is 5.41 Å². The molecule has 0 heterocycles. The van der Waals surface area contributed by atoms with Gasteiger partial charge in [-0.2, -0.15) is 0 Å². The lowest BCUT2D eigenvalue weighted by molar-refractivity contribution is 0.118. The molecule has 0 aromatic heterocycles. The number of halogens is 1. The van der Waals surface area contributed by atoms with Gasteiger partial charge in [0, 0.05) is 16.1 Å². The van der Waals surface area contributed by atoms with E-state index in [4.69, 9.17) is 15.4 Å². The van der Waals surface area contributed by atoms with Crippen molar-refractivity contribution in [1.82, 2.24) is 0 Å². The number of benzene rings is 1. The Balaban J connectivity index is 2.12. The summed E-state index contributed by atoms with van der Waals surface area (Å²) in [5.74, 6) is 0.868. The summed E-state index contributed by atoms with van der Waals surface area (Å²) < 4.78 is 29.1. The van der Waals surface area contributed by atoms with Crippen LogP contribution in [0.4, 0.5) is 0 Å². The Kier molecular flexibility index (Phi) is 5.55. The minimum absolute atomic E-state index is 0.00977. The van der Waals surface area contributed by atoms with E-state index in [-0.39, 0.29) is 11.2 Å². The van der Waals surface area contributed by atoms with Crippen molar-refractivity contribution in [1.29, 1.82) is 0 Å². The van der Waals surface area contributed by atoms with Crippen LogP contribution in [0.2, 0.25) is 0 Å². The van der Waals surface area contributed by atoms with E-state index in [1.165, 1.54) is 0 Å². The van der Waals surface area contributed by atoms with Crippen molar-refractivity contribution in [2.24, 2.45) is 5.41 Å². The van der Waals surface area contributed by atoms with E-state index in [1.54, 1.807) is 0 Å². The molecule has 3 nitrogen and oxygen atoms in total. The van der Waals surface area contributed by atoms with Crippen LogP contribution < -0.4 is 4.74 Å². The molecule has 2 rings (SSSR count). The zero-order valence-electron chi connectivity index (χ0n) is 12.5. The molecule has 0 saturated heterocycles. The summed E-state index contributed by atoms with van der Waals surface area (Å²) in [5, 5.41) is 0. The van der Waals surface area contributed by atoms with Crippen LogP contribution in [-0.2, 0) is 15.5 Å². The van der Waals surface area contributed by atoms with E-state index in [0.717, 1.165) is 49.8 Å². The molecule has 0 radical (unpaired) electrons. The lowest BCUT2D eigenvalue weighted by Gasteiger charge is -2.36. The molecule has 1 aromatic rings. The summed E-state index contributed by atoms with van der Waals surface area (Å²) in [6.07, 6.45) is 5.89. The third-order valence-electron chi connectivity index (χ3n) is 4.28. The average molecular weight is 331 g/mol. The molecule has 21 heavy (non-hydrogen) atoms. The molecule has 0 unspecified atom stereocenters. The number of aryl methyl sites for hydroxylation is 1. The Labute approximate surface area is 132 Å². The summed E-state index contributed by atoms with van der Waals surface area (Å²) in [4.78, 5) is 0. The van der Waals surface area contributed by atoms with Crippen LogP contribution in [-0.4, -0.2) is 20.8 Å². The Morgan fingerprint density at radius 3 is 2.48 bits per heavy atom. The number of hydrogen-bond acceptors (Lipinski definition) is 3. The van der Waals surface area contributed by atoms with Crippen molar-refractivity contribution in [2.45, 2.75) is 45.4 Å². The van der Waals surface area contributed by atoms with Gasteiger partial charge in [-0.05, 0) is 30.9 Å². The van der Waals surface area contributed by atoms with Gasteiger partial charge in [-0.25, -0.2) is 8.42 Å². The van der Waals surface area contributed by atoms with Gasteiger partial charge in [0.25, 0.3) is 0 Å². The third kappa shape index (κ3) is 4.89. The molecule has 1 fully saturated rings. The SMILES string of the molecule is CCc1ccccc1OCC1(CS(=O)(=O)Cl)CCCCC1. The lowest BCUT2D eigenvalue weighted by Crippen LogP contribution is -2.37. The molecule has 5 heteroatoms. The second kappa shape index (κ2) is 7.01. The normalized spacial score (nSPS) is 18.4. The van der Waals surface area contributed by atoms with Crippen molar-refractivity contribution in [3.63, 3.8) is 0 Å². The monoisotopic (exact) mass is 330 g/mol. The minimum Gasteiger partial charge on any atom is -0.493 e. The maximum Gasteiger partial charge on any atom is 0.233 e. The average Bonchev–Trinajstić information content (AvgIpc) is 2.45. The molecule has 0 spiro atoms. The fourth-order valence-electron chi connectivity index (χ4n) is 3.17. The minimum atomic E-state index is -3.51. The summed E-state index contributed by atoms with van der Waals surface area (Å²) in [6.45, 7) is 2.51. The largest absolute Gasteiger partial charge is 0.493 e. The van der Waals surface area contributed by atoms with Gasteiger partial charge in [-0.1, -0.05) is 44.4 Å². The maximum atomic E-state index is 11.5. The van der Waals surface area contributed by atoms with Crippen LogP contribution in [0.3, 0.4) is 0 Å². The molecule has 0 amide bonds. The van der Waals surface area contributed by atoms with Crippen LogP contribution in [0.5, 0.6) is 5.75 Å². The highest BCUT2D eigenvalue weighted by Crippen LogP contribution is 2.39. The Bertz CT molecular complexity index is 563. The number of hydrogen-bond donors (Lipinski definition) is 0. The van der Waals surface area contributed by atoms with Crippen LogP contribution >= 0.6 is 10.7 Å². The molecule has 118 valence electrons. The molecule has 0 bridgehead atoms. The molecular weight excluding hydrogens is 308 g/mol. The summed E-state index contributed by atoms with van der Waals surface area (Å²) in [6, 6.07) is 7.93. The predicted molar refractivity (Wildman–Crippen MR) is 86.5 cm³/mol. The van der Waals surface area contributed by atoms with Gasteiger partial charge in [0.15, 0.2) is 0 Å². The van der Waals surface area contributed by atoms with Crippen molar-refractivity contribution < 1.29 is 13.2 Å². The number of ether oxygens (including phenoxy) is 1. The fourth-order valence-corrected chi connectivity index (χ4v) is 4.96. The Morgan fingerprint density at radius 2 is 1.86 bits per heavy atom. The molecule has 0 atom stereocenters. The van der Waals surface area contributed by atoms with Crippen LogP contribution in [0.1, 0.15) is 44.6 Å². The first-order valence-corrected chi connectivity index (χ1v) is 10.0. The predicted octanol–water partition coefficient (Wildman–Crippen LogP) is 4.15. The summed E-state index contributed by atoms with van der Waals surface area (Å²) >= 11 is 0. The zero-order chi connectivity index (χ0) is 15.3. The highest BCUT2D eigenvalue weighted by molar-refractivity contribution is 8.13. The topological polar surface area (TPSA) is 43.4 Å². The summed E-state index contributed by atoms with van der Waals surface area (Å²) in [7, 11) is 2.00. The van der Waals surface area contributed by atoms with E-state index < -0.39 is 9.05 Å². The van der Waals surface area contributed by atoms with E-state index in [9.17, 15) is 8.42 Å². The first-order valence-electron chi connectivity index (χ1n) is 7.57. The van der Waals surface area contributed by atoms with E-state index >= 15 is 0 Å². The number of rotatable bonds is 6. The molecule has 1 aliphatic rings. The van der Waals surface area contributed by atoms with Gasteiger partial charge in [-0.3, -0.25) is 0 Å². The molecule has 0 N–H and O–H groups in total. The van der Waals surface area contributed by atoms with E-state index in [2.05, 4.69) is 6.92 Å². The van der Waals surface area contributed by atoms with Crippen molar-refractivity contribution in [3.8, 4) is 5.75 Å². The van der Waals surface area contributed by atoms with Crippen molar-refractivity contribution >= 4 is 19.7 Å². The quantitative estimate of drug-likeness (QED) is 0.736. The van der Waals surface area contributed by atoms with Crippen LogP contribution in [0.15, 0.2) is 24.3 Å². The fraction of sp³-hybridized carbons (Fsp3) is 0.625. The molecule has 0 aliphatic heterocycles. The first-order chi connectivity index (χ1) is 9.94. The first kappa shape index (κ1) is 16.6. The van der Waals surface area contributed by atoms with E-state index in [1.807, 2.05) is 24.3 Å².